The van der Waals surface area contributed by atoms with Crippen LogP contribution in [0.15, 0.2) is 48.7 Å². The van der Waals surface area contributed by atoms with Crippen LogP contribution in [0.2, 0.25) is 5.15 Å². The minimum Gasteiger partial charge on any atom is -0.497 e. The fourth-order valence-electron chi connectivity index (χ4n) is 2.14. The van der Waals surface area contributed by atoms with Crippen LogP contribution >= 0.6 is 11.6 Å². The summed E-state index contributed by atoms with van der Waals surface area (Å²) in [7, 11) is 3.20. The van der Waals surface area contributed by atoms with Crippen molar-refractivity contribution in [2.75, 3.05) is 19.5 Å². The number of hydrogen-bond donors (Lipinski definition) is 1. The number of rotatable bonds is 5. The molecule has 0 unspecified atom stereocenters. The molecule has 1 N–H and O–H groups in total. The maximum absolute atomic E-state index is 6.12. The maximum atomic E-state index is 6.12. The highest BCUT2D eigenvalue weighted by Gasteiger charge is 2.10. The Labute approximate surface area is 144 Å². The zero-order valence-electron chi connectivity index (χ0n) is 13.2. The number of aromatic nitrogens is 3. The molecule has 2 heterocycles. The van der Waals surface area contributed by atoms with Gasteiger partial charge in [0.15, 0.2) is 5.82 Å². The fraction of sp³-hybridized carbons (Fsp3) is 0.118. The number of methoxy groups -OCH3 is 2. The Morgan fingerprint density at radius 1 is 1.00 bits per heavy atom. The van der Waals surface area contributed by atoms with Gasteiger partial charge in [0.2, 0.25) is 0 Å². The molecule has 0 aliphatic rings. The molecule has 1 aromatic carbocycles. The minimum atomic E-state index is 0.315. The van der Waals surface area contributed by atoms with Crippen molar-refractivity contribution in [3.63, 3.8) is 0 Å². The van der Waals surface area contributed by atoms with Crippen LogP contribution in [-0.2, 0) is 0 Å². The van der Waals surface area contributed by atoms with E-state index in [-0.39, 0.29) is 0 Å². The molecule has 0 saturated heterocycles. The zero-order chi connectivity index (χ0) is 16.9. The van der Waals surface area contributed by atoms with Gasteiger partial charge in [-0.2, -0.15) is 0 Å². The first-order valence-electron chi connectivity index (χ1n) is 7.14. The van der Waals surface area contributed by atoms with Crippen LogP contribution in [0.4, 0.5) is 11.5 Å². The van der Waals surface area contributed by atoms with Gasteiger partial charge >= 0.3 is 0 Å². The standard InChI is InChI=1S/C17H15ClN4O2/c1-23-11-6-7-14(24-2)13(9-11)20-16-10-15(18)21-17(22-16)12-5-3-4-8-19-12/h3-10H,1-2H3,(H,20,21,22). The second kappa shape index (κ2) is 7.14. The van der Waals surface area contributed by atoms with E-state index in [1.54, 1.807) is 26.5 Å². The highest BCUT2D eigenvalue weighted by atomic mass is 35.5. The molecule has 6 nitrogen and oxygen atoms in total. The molecule has 0 spiro atoms. The SMILES string of the molecule is COc1ccc(OC)c(Nc2cc(Cl)nc(-c3ccccn3)n2)c1. The molecule has 122 valence electrons. The van der Waals surface area contributed by atoms with E-state index in [2.05, 4.69) is 20.3 Å². The highest BCUT2D eigenvalue weighted by molar-refractivity contribution is 6.29. The predicted molar refractivity (Wildman–Crippen MR) is 93.1 cm³/mol. The summed E-state index contributed by atoms with van der Waals surface area (Å²) in [5.41, 5.74) is 1.35. The van der Waals surface area contributed by atoms with Gasteiger partial charge in [-0.3, -0.25) is 4.98 Å². The molecule has 3 aromatic rings. The van der Waals surface area contributed by atoms with Gasteiger partial charge in [-0.05, 0) is 24.3 Å². The first kappa shape index (κ1) is 16.0. The molecule has 0 amide bonds. The summed E-state index contributed by atoms with van der Waals surface area (Å²) in [5, 5.41) is 3.50. The maximum Gasteiger partial charge on any atom is 0.181 e. The van der Waals surface area contributed by atoms with Gasteiger partial charge in [0.05, 0.1) is 19.9 Å². The van der Waals surface area contributed by atoms with Gasteiger partial charge in [0.25, 0.3) is 0 Å². The molecular formula is C17H15ClN4O2. The van der Waals surface area contributed by atoms with Gasteiger partial charge in [0.1, 0.15) is 28.2 Å². The van der Waals surface area contributed by atoms with E-state index >= 15 is 0 Å². The Balaban J connectivity index is 1.98. The van der Waals surface area contributed by atoms with Crippen molar-refractivity contribution >= 4 is 23.1 Å². The quantitative estimate of drug-likeness (QED) is 0.708. The first-order valence-corrected chi connectivity index (χ1v) is 7.52. The molecule has 0 radical (unpaired) electrons. The molecule has 0 bridgehead atoms. The van der Waals surface area contributed by atoms with Crippen LogP contribution in [0.5, 0.6) is 11.5 Å². The van der Waals surface area contributed by atoms with E-state index in [1.165, 1.54) is 0 Å². The fourth-order valence-corrected chi connectivity index (χ4v) is 2.32. The molecule has 0 fully saturated rings. The second-order valence-electron chi connectivity index (χ2n) is 4.81. The van der Waals surface area contributed by atoms with E-state index in [0.29, 0.717) is 39.7 Å². The Kier molecular flexibility index (Phi) is 4.77. The summed E-state index contributed by atoms with van der Waals surface area (Å²) < 4.78 is 10.6. The van der Waals surface area contributed by atoms with E-state index in [1.807, 2.05) is 36.4 Å². The van der Waals surface area contributed by atoms with Gasteiger partial charge < -0.3 is 14.8 Å². The van der Waals surface area contributed by atoms with Crippen LogP contribution < -0.4 is 14.8 Å². The van der Waals surface area contributed by atoms with Crippen LogP contribution in [0.25, 0.3) is 11.5 Å². The summed E-state index contributed by atoms with van der Waals surface area (Å²) in [5.74, 6) is 2.32. The normalized spacial score (nSPS) is 10.3. The van der Waals surface area contributed by atoms with Gasteiger partial charge in [-0.15, -0.1) is 0 Å². The lowest BCUT2D eigenvalue weighted by molar-refractivity contribution is 0.405. The second-order valence-corrected chi connectivity index (χ2v) is 5.19. The molecule has 3 rings (SSSR count). The van der Waals surface area contributed by atoms with Crippen molar-refractivity contribution in [2.24, 2.45) is 0 Å². The Morgan fingerprint density at radius 2 is 1.88 bits per heavy atom. The molecule has 0 atom stereocenters. The highest BCUT2D eigenvalue weighted by Crippen LogP contribution is 2.31. The van der Waals surface area contributed by atoms with Crippen molar-refractivity contribution in [1.29, 1.82) is 0 Å². The van der Waals surface area contributed by atoms with Crippen molar-refractivity contribution in [3.05, 3.63) is 53.8 Å². The molecule has 2 aromatic heterocycles. The van der Waals surface area contributed by atoms with Crippen molar-refractivity contribution in [2.45, 2.75) is 0 Å². The van der Waals surface area contributed by atoms with Crippen molar-refractivity contribution < 1.29 is 9.47 Å². The van der Waals surface area contributed by atoms with E-state index in [0.717, 1.165) is 0 Å². The average Bonchev–Trinajstić information content (AvgIpc) is 2.62. The van der Waals surface area contributed by atoms with E-state index in [9.17, 15) is 0 Å². The largest absolute Gasteiger partial charge is 0.497 e. The van der Waals surface area contributed by atoms with E-state index in [4.69, 9.17) is 21.1 Å². The predicted octanol–water partition coefficient (Wildman–Crippen LogP) is 3.95. The minimum absolute atomic E-state index is 0.315. The summed E-state index contributed by atoms with van der Waals surface area (Å²) in [6.45, 7) is 0. The summed E-state index contributed by atoms with van der Waals surface area (Å²) in [6, 6.07) is 12.6. The first-order chi connectivity index (χ1) is 11.7. The van der Waals surface area contributed by atoms with Gasteiger partial charge in [0, 0.05) is 18.3 Å². The number of nitrogens with zero attached hydrogens (tertiary/aromatic N) is 3. The number of halogens is 1. The summed E-state index contributed by atoms with van der Waals surface area (Å²) in [4.78, 5) is 12.9. The molecule has 0 aliphatic carbocycles. The lowest BCUT2D eigenvalue weighted by atomic mass is 10.2. The number of benzene rings is 1. The Morgan fingerprint density at radius 3 is 2.58 bits per heavy atom. The number of ether oxygens (including phenoxy) is 2. The smallest absolute Gasteiger partial charge is 0.181 e. The zero-order valence-corrected chi connectivity index (χ0v) is 13.9. The third-order valence-corrected chi connectivity index (χ3v) is 3.45. The third-order valence-electron chi connectivity index (χ3n) is 3.26. The lowest BCUT2D eigenvalue weighted by Crippen LogP contribution is -2.00. The summed E-state index contributed by atoms with van der Waals surface area (Å²) in [6.07, 6.45) is 1.68. The van der Waals surface area contributed by atoms with Crippen molar-refractivity contribution in [3.8, 4) is 23.0 Å². The molecule has 24 heavy (non-hydrogen) atoms. The third kappa shape index (κ3) is 3.55. The van der Waals surface area contributed by atoms with Crippen molar-refractivity contribution in [1.82, 2.24) is 15.0 Å². The number of nitrogens with one attached hydrogen (secondary N) is 1. The number of pyridine rings is 1. The summed E-state index contributed by atoms with van der Waals surface area (Å²) >= 11 is 6.12. The number of anilines is 2. The van der Waals surface area contributed by atoms with Gasteiger partial charge in [-0.25, -0.2) is 9.97 Å². The van der Waals surface area contributed by atoms with E-state index < -0.39 is 0 Å². The van der Waals surface area contributed by atoms with Gasteiger partial charge in [-0.1, -0.05) is 17.7 Å². The monoisotopic (exact) mass is 342 g/mol. The number of hydrogen-bond acceptors (Lipinski definition) is 6. The Hall–Kier alpha value is -2.86. The topological polar surface area (TPSA) is 69.2 Å². The molecule has 0 saturated carbocycles. The van der Waals surface area contributed by atoms with Crippen LogP contribution in [0, 0.1) is 0 Å². The molecular weight excluding hydrogens is 328 g/mol. The average molecular weight is 343 g/mol. The Bertz CT molecular complexity index is 843. The van der Waals surface area contributed by atoms with Crippen LogP contribution in [0.3, 0.4) is 0 Å². The van der Waals surface area contributed by atoms with Crippen LogP contribution in [-0.4, -0.2) is 29.2 Å². The lowest BCUT2D eigenvalue weighted by Gasteiger charge is -2.13. The molecule has 0 aliphatic heterocycles. The molecule has 7 heteroatoms. The van der Waals surface area contributed by atoms with Crippen LogP contribution in [0.1, 0.15) is 0 Å².